The van der Waals surface area contributed by atoms with Gasteiger partial charge in [-0.05, 0) is 67.3 Å². The number of pyridine rings is 1. The number of carbonyl (C=O) groups is 1. The third-order valence-electron chi connectivity index (χ3n) is 6.48. The average Bonchev–Trinajstić information content (AvgIpc) is 2.89. The molecule has 36 heavy (non-hydrogen) atoms. The Labute approximate surface area is 209 Å². The van der Waals surface area contributed by atoms with Gasteiger partial charge in [0.15, 0.2) is 0 Å². The lowest BCUT2D eigenvalue weighted by molar-refractivity contribution is -0.119. The molecular formula is C29H29N3O4. The van der Waals surface area contributed by atoms with E-state index in [1.165, 1.54) is 5.56 Å². The molecule has 1 aliphatic heterocycles. The number of rotatable bonds is 6. The maximum atomic E-state index is 13.7. The summed E-state index contributed by atoms with van der Waals surface area (Å²) in [6.07, 6.45) is 0. The van der Waals surface area contributed by atoms with Gasteiger partial charge in [-0.15, -0.1) is 0 Å². The van der Waals surface area contributed by atoms with E-state index in [4.69, 9.17) is 9.47 Å². The highest BCUT2D eigenvalue weighted by molar-refractivity contribution is 5.96. The molecule has 1 aromatic heterocycles. The first-order valence-electron chi connectivity index (χ1n) is 12.0. The van der Waals surface area contributed by atoms with Gasteiger partial charge in [0.25, 0.3) is 5.56 Å². The molecule has 7 nitrogen and oxygen atoms in total. The zero-order valence-electron chi connectivity index (χ0n) is 20.7. The van der Waals surface area contributed by atoms with Crippen LogP contribution < -0.4 is 25.2 Å². The Bertz CT molecular complexity index is 1490. The molecule has 184 valence electrons. The highest BCUT2D eigenvalue weighted by Gasteiger charge is 2.25. The predicted octanol–water partition coefficient (Wildman–Crippen LogP) is 4.66. The zero-order chi connectivity index (χ0) is 25.2. The molecule has 5 rings (SSSR count). The van der Waals surface area contributed by atoms with Gasteiger partial charge < -0.3 is 19.7 Å². The van der Waals surface area contributed by atoms with E-state index in [2.05, 4.69) is 5.32 Å². The first-order chi connectivity index (χ1) is 17.4. The predicted molar refractivity (Wildman–Crippen MR) is 142 cm³/mol. The van der Waals surface area contributed by atoms with Crippen LogP contribution in [0.25, 0.3) is 10.9 Å². The minimum atomic E-state index is -0.207. The summed E-state index contributed by atoms with van der Waals surface area (Å²) in [6, 6.07) is 21.3. The van der Waals surface area contributed by atoms with Gasteiger partial charge in [0.2, 0.25) is 5.91 Å². The highest BCUT2D eigenvalue weighted by Crippen LogP contribution is 2.32. The van der Waals surface area contributed by atoms with Crippen molar-refractivity contribution in [1.82, 2.24) is 4.57 Å². The Kier molecular flexibility index (Phi) is 6.38. The van der Waals surface area contributed by atoms with Gasteiger partial charge in [-0.1, -0.05) is 23.8 Å². The van der Waals surface area contributed by atoms with Gasteiger partial charge in [0.1, 0.15) is 24.7 Å². The molecule has 0 fully saturated rings. The molecule has 3 aromatic carbocycles. The summed E-state index contributed by atoms with van der Waals surface area (Å²) in [7, 11) is 1.58. The van der Waals surface area contributed by atoms with E-state index >= 15 is 0 Å². The van der Waals surface area contributed by atoms with E-state index in [1.807, 2.05) is 74.5 Å². The number of carbonyl (C=O) groups excluding carboxylic acids is 1. The van der Waals surface area contributed by atoms with Crippen LogP contribution in [0.3, 0.4) is 0 Å². The van der Waals surface area contributed by atoms with Gasteiger partial charge in [-0.25, -0.2) is 0 Å². The molecule has 0 saturated heterocycles. The van der Waals surface area contributed by atoms with Crippen LogP contribution in [-0.4, -0.2) is 30.7 Å². The van der Waals surface area contributed by atoms with Crippen molar-refractivity contribution in [3.8, 4) is 11.5 Å². The summed E-state index contributed by atoms with van der Waals surface area (Å²) in [6.45, 7) is 5.11. The molecule has 2 heterocycles. The summed E-state index contributed by atoms with van der Waals surface area (Å²) in [5.41, 5.74) is 4.90. The zero-order valence-corrected chi connectivity index (χ0v) is 20.7. The SMILES string of the molecule is COc1ccc2cc(CNc3ccc(C)cc3)c(=O)n(CC(=O)N3CCOc4ccc(C)cc43)c2c1. The summed E-state index contributed by atoms with van der Waals surface area (Å²) in [5, 5.41) is 4.19. The molecule has 0 aliphatic carbocycles. The Morgan fingerprint density at radius 3 is 2.56 bits per heavy atom. The fourth-order valence-corrected chi connectivity index (χ4v) is 4.50. The van der Waals surface area contributed by atoms with Crippen LogP contribution in [0, 0.1) is 13.8 Å². The van der Waals surface area contributed by atoms with Crippen molar-refractivity contribution in [3.05, 3.63) is 93.8 Å². The van der Waals surface area contributed by atoms with Crippen molar-refractivity contribution in [1.29, 1.82) is 0 Å². The fourth-order valence-electron chi connectivity index (χ4n) is 4.50. The normalized spacial score (nSPS) is 12.7. The van der Waals surface area contributed by atoms with Crippen LogP contribution >= 0.6 is 0 Å². The summed E-state index contributed by atoms with van der Waals surface area (Å²) >= 11 is 0. The Hall–Kier alpha value is -4.26. The smallest absolute Gasteiger partial charge is 0.256 e. The summed E-state index contributed by atoms with van der Waals surface area (Å²) in [5.74, 6) is 1.14. The van der Waals surface area contributed by atoms with Crippen LogP contribution in [0.5, 0.6) is 11.5 Å². The van der Waals surface area contributed by atoms with Gasteiger partial charge >= 0.3 is 0 Å². The van der Waals surface area contributed by atoms with Crippen molar-refractivity contribution >= 4 is 28.2 Å². The molecule has 0 saturated carbocycles. The van der Waals surface area contributed by atoms with E-state index in [0.717, 1.165) is 22.3 Å². The van der Waals surface area contributed by atoms with Gasteiger partial charge in [0.05, 0.1) is 24.9 Å². The molecule has 7 heteroatoms. The largest absolute Gasteiger partial charge is 0.497 e. The second kappa shape index (κ2) is 9.77. The van der Waals surface area contributed by atoms with Crippen molar-refractivity contribution in [2.45, 2.75) is 26.9 Å². The van der Waals surface area contributed by atoms with Gasteiger partial charge in [-0.3, -0.25) is 14.2 Å². The maximum Gasteiger partial charge on any atom is 0.256 e. The number of aromatic nitrogens is 1. The topological polar surface area (TPSA) is 72.8 Å². The minimum absolute atomic E-state index is 0.0890. The average molecular weight is 484 g/mol. The first kappa shape index (κ1) is 23.5. The first-order valence-corrected chi connectivity index (χ1v) is 12.0. The second-order valence-corrected chi connectivity index (χ2v) is 9.07. The van der Waals surface area contributed by atoms with Crippen LogP contribution in [0.2, 0.25) is 0 Å². The minimum Gasteiger partial charge on any atom is -0.497 e. The summed E-state index contributed by atoms with van der Waals surface area (Å²) < 4.78 is 12.7. The quantitative estimate of drug-likeness (QED) is 0.432. The number of hydrogen-bond acceptors (Lipinski definition) is 5. The second-order valence-electron chi connectivity index (χ2n) is 9.07. The van der Waals surface area contributed by atoms with Gasteiger partial charge in [-0.2, -0.15) is 0 Å². The molecule has 0 spiro atoms. The maximum absolute atomic E-state index is 13.7. The van der Waals surface area contributed by atoms with E-state index in [1.54, 1.807) is 22.6 Å². The third-order valence-corrected chi connectivity index (χ3v) is 6.48. The molecule has 0 unspecified atom stereocenters. The highest BCUT2D eigenvalue weighted by atomic mass is 16.5. The molecule has 1 amide bonds. The number of amides is 1. The lowest BCUT2D eigenvalue weighted by atomic mass is 10.1. The monoisotopic (exact) mass is 483 g/mol. The molecule has 0 atom stereocenters. The molecule has 1 N–H and O–H groups in total. The number of ether oxygens (including phenoxy) is 2. The Balaban J connectivity index is 1.52. The fraction of sp³-hybridized carbons (Fsp3) is 0.241. The van der Waals surface area contributed by atoms with E-state index < -0.39 is 0 Å². The van der Waals surface area contributed by atoms with Crippen LogP contribution in [0.15, 0.2) is 71.5 Å². The molecule has 0 bridgehead atoms. The van der Waals surface area contributed by atoms with Crippen LogP contribution in [-0.2, 0) is 17.9 Å². The van der Waals surface area contributed by atoms with E-state index in [0.29, 0.717) is 42.3 Å². The van der Waals surface area contributed by atoms with Crippen molar-refractivity contribution in [2.75, 3.05) is 30.5 Å². The number of fused-ring (bicyclic) bond motifs is 2. The Morgan fingerprint density at radius 1 is 1.00 bits per heavy atom. The van der Waals surface area contributed by atoms with E-state index in [9.17, 15) is 9.59 Å². The standard InChI is InChI=1S/C29H29N3O4/c1-19-4-8-23(9-5-19)30-17-22-15-21-7-10-24(35-3)16-25(21)32(29(22)34)18-28(33)31-12-13-36-27-11-6-20(2)14-26(27)31/h4-11,14-16,30H,12-13,17-18H2,1-3H3. The van der Waals surface area contributed by atoms with Crippen LogP contribution in [0.4, 0.5) is 11.4 Å². The third kappa shape index (κ3) is 4.64. The lowest BCUT2D eigenvalue weighted by Gasteiger charge is -2.30. The number of benzene rings is 3. The number of methoxy groups -OCH3 is 1. The molecule has 1 aliphatic rings. The number of nitrogens with one attached hydrogen (secondary N) is 1. The van der Waals surface area contributed by atoms with Gasteiger partial charge in [0, 0.05) is 23.9 Å². The number of anilines is 2. The number of aryl methyl sites for hydroxylation is 2. The molecular weight excluding hydrogens is 454 g/mol. The number of hydrogen-bond donors (Lipinski definition) is 1. The van der Waals surface area contributed by atoms with Crippen molar-refractivity contribution < 1.29 is 14.3 Å². The van der Waals surface area contributed by atoms with E-state index in [-0.39, 0.29) is 18.0 Å². The van der Waals surface area contributed by atoms with Crippen LogP contribution in [0.1, 0.15) is 16.7 Å². The molecule has 4 aromatic rings. The number of nitrogens with zero attached hydrogens (tertiary/aromatic N) is 2. The van der Waals surface area contributed by atoms with Crippen molar-refractivity contribution in [2.24, 2.45) is 0 Å². The Morgan fingerprint density at radius 2 is 1.78 bits per heavy atom. The lowest BCUT2D eigenvalue weighted by Crippen LogP contribution is -2.41. The van der Waals surface area contributed by atoms with Crippen molar-refractivity contribution in [3.63, 3.8) is 0 Å². The molecule has 0 radical (unpaired) electrons. The summed E-state index contributed by atoms with van der Waals surface area (Å²) in [4.78, 5) is 29.0.